The van der Waals surface area contributed by atoms with Gasteiger partial charge in [0.2, 0.25) is 0 Å². The molecule has 0 radical (unpaired) electrons. The molecule has 4 heteroatoms. The fourth-order valence-corrected chi connectivity index (χ4v) is 1.19. The van der Waals surface area contributed by atoms with Crippen LogP contribution in [0, 0.1) is 3.70 Å². The minimum Gasteiger partial charge on any atom is -0.294 e. The van der Waals surface area contributed by atoms with E-state index in [1.54, 1.807) is 6.20 Å². The molecule has 48 valence electrons. The van der Waals surface area contributed by atoms with Crippen molar-refractivity contribution in [2.75, 3.05) is 0 Å². The number of carbonyl (C=O) groups is 1. The number of nitrogens with zero attached hydrogens (tertiary/aromatic N) is 1. The van der Waals surface area contributed by atoms with Gasteiger partial charge in [0.1, 0.15) is 3.70 Å². The molecule has 0 spiro atoms. The molecule has 1 aromatic rings. The van der Waals surface area contributed by atoms with E-state index in [1.807, 2.05) is 22.6 Å². The Bertz CT molecular complexity index is 231. The van der Waals surface area contributed by atoms with Crippen LogP contribution in [0.5, 0.6) is 0 Å². The molecule has 1 N–H and O–H groups in total. The minimum atomic E-state index is 0.0492. The number of rotatable bonds is 1. The van der Waals surface area contributed by atoms with E-state index in [0.29, 0.717) is 5.56 Å². The van der Waals surface area contributed by atoms with Gasteiger partial charge in [-0.15, -0.1) is 0 Å². The number of Topliss-reactive ketones (excluding diaryl/α,β-unsaturated/α-hetero) is 1. The minimum absolute atomic E-state index is 0.0492. The molecule has 0 fully saturated rings. The normalized spacial score (nSPS) is 9.56. The molecule has 0 unspecified atom stereocenters. The Labute approximate surface area is 66.0 Å². The number of ketones is 1. The van der Waals surface area contributed by atoms with Crippen LogP contribution in [0.25, 0.3) is 0 Å². The molecular weight excluding hydrogens is 231 g/mol. The number of halogens is 1. The summed E-state index contributed by atoms with van der Waals surface area (Å²) in [6.45, 7) is 1.52. The third-order valence-electron chi connectivity index (χ3n) is 0.973. The fourth-order valence-electron chi connectivity index (χ4n) is 0.520. The highest BCUT2D eigenvalue weighted by molar-refractivity contribution is 14.1. The van der Waals surface area contributed by atoms with Gasteiger partial charge < -0.3 is 0 Å². The standard InChI is InChI=1S/C5H5IN2O/c1-3(9)4-2-7-8-5(4)6/h2H,1H3,(H,7,8). The molecule has 0 aromatic carbocycles. The predicted molar refractivity (Wildman–Crippen MR) is 41.3 cm³/mol. The topological polar surface area (TPSA) is 45.8 Å². The molecule has 0 aliphatic rings. The maximum atomic E-state index is 10.7. The van der Waals surface area contributed by atoms with Crippen LogP contribution in [0.2, 0.25) is 0 Å². The molecule has 0 amide bonds. The number of H-pyrrole nitrogens is 1. The monoisotopic (exact) mass is 236 g/mol. The molecule has 3 nitrogen and oxygen atoms in total. The average molecular weight is 236 g/mol. The van der Waals surface area contributed by atoms with Gasteiger partial charge in [0, 0.05) is 6.20 Å². The van der Waals surface area contributed by atoms with Gasteiger partial charge in [-0.25, -0.2) is 0 Å². The molecule has 0 aliphatic carbocycles. The van der Waals surface area contributed by atoms with Crippen LogP contribution in [0.1, 0.15) is 17.3 Å². The second kappa shape index (κ2) is 2.47. The van der Waals surface area contributed by atoms with Crippen LogP contribution >= 0.6 is 22.6 Å². The zero-order valence-corrected chi connectivity index (χ0v) is 6.97. The third-order valence-corrected chi connectivity index (χ3v) is 1.80. The molecule has 0 saturated heterocycles. The van der Waals surface area contributed by atoms with Gasteiger partial charge in [-0.2, -0.15) is 5.10 Å². The van der Waals surface area contributed by atoms with E-state index in [9.17, 15) is 4.79 Å². The average Bonchev–Trinajstić information content (AvgIpc) is 2.13. The van der Waals surface area contributed by atoms with Crippen molar-refractivity contribution in [1.82, 2.24) is 10.2 Å². The Morgan fingerprint density at radius 3 is 2.78 bits per heavy atom. The van der Waals surface area contributed by atoms with Crippen LogP contribution in [-0.2, 0) is 0 Å². The van der Waals surface area contributed by atoms with E-state index in [-0.39, 0.29) is 5.78 Å². The number of aromatic nitrogens is 2. The van der Waals surface area contributed by atoms with E-state index in [2.05, 4.69) is 10.2 Å². The highest BCUT2D eigenvalue weighted by Gasteiger charge is 2.04. The first-order valence-electron chi connectivity index (χ1n) is 2.42. The van der Waals surface area contributed by atoms with Crippen molar-refractivity contribution in [3.8, 4) is 0 Å². The van der Waals surface area contributed by atoms with E-state index in [1.165, 1.54) is 6.92 Å². The van der Waals surface area contributed by atoms with Crippen molar-refractivity contribution < 1.29 is 4.79 Å². The van der Waals surface area contributed by atoms with Gasteiger partial charge in [-0.3, -0.25) is 9.89 Å². The first kappa shape index (κ1) is 6.73. The molecule has 1 heterocycles. The largest absolute Gasteiger partial charge is 0.294 e. The quantitative estimate of drug-likeness (QED) is 0.588. The lowest BCUT2D eigenvalue weighted by Crippen LogP contribution is -1.90. The van der Waals surface area contributed by atoms with Gasteiger partial charge in [0.05, 0.1) is 5.56 Å². The molecule has 9 heavy (non-hydrogen) atoms. The van der Waals surface area contributed by atoms with E-state index < -0.39 is 0 Å². The Hall–Kier alpha value is -0.390. The Morgan fingerprint density at radius 2 is 2.56 bits per heavy atom. The van der Waals surface area contributed by atoms with Gasteiger partial charge in [0.15, 0.2) is 5.78 Å². The van der Waals surface area contributed by atoms with Crippen LogP contribution in [0.3, 0.4) is 0 Å². The zero-order valence-electron chi connectivity index (χ0n) is 4.81. The fraction of sp³-hybridized carbons (Fsp3) is 0.200. The number of carbonyl (C=O) groups excluding carboxylic acids is 1. The Morgan fingerprint density at radius 1 is 1.89 bits per heavy atom. The summed E-state index contributed by atoms with van der Waals surface area (Å²) in [6.07, 6.45) is 1.60. The summed E-state index contributed by atoms with van der Waals surface area (Å²) in [5, 5.41) is 6.38. The highest BCUT2D eigenvalue weighted by Crippen LogP contribution is 2.06. The number of nitrogens with one attached hydrogen (secondary N) is 1. The maximum Gasteiger partial charge on any atom is 0.164 e. The zero-order chi connectivity index (χ0) is 6.85. The maximum absolute atomic E-state index is 10.7. The molecule has 0 aliphatic heterocycles. The van der Waals surface area contributed by atoms with Crippen molar-refractivity contribution in [3.05, 3.63) is 15.5 Å². The van der Waals surface area contributed by atoms with Crippen LogP contribution in [-0.4, -0.2) is 16.0 Å². The molecule has 0 bridgehead atoms. The van der Waals surface area contributed by atoms with Crippen LogP contribution in [0.15, 0.2) is 6.20 Å². The summed E-state index contributed by atoms with van der Waals surface area (Å²) >= 11 is 2.01. The first-order valence-corrected chi connectivity index (χ1v) is 3.50. The SMILES string of the molecule is CC(=O)c1c[nH]nc1I. The van der Waals surface area contributed by atoms with Crippen LogP contribution in [0.4, 0.5) is 0 Å². The number of hydrogen-bond donors (Lipinski definition) is 1. The lowest BCUT2D eigenvalue weighted by atomic mass is 10.3. The van der Waals surface area contributed by atoms with Gasteiger partial charge in [-0.1, -0.05) is 0 Å². The van der Waals surface area contributed by atoms with Crippen molar-refractivity contribution in [1.29, 1.82) is 0 Å². The summed E-state index contributed by atoms with van der Waals surface area (Å²) in [6, 6.07) is 0. The molecule has 1 rings (SSSR count). The molecule has 1 aromatic heterocycles. The van der Waals surface area contributed by atoms with Crippen molar-refractivity contribution in [2.45, 2.75) is 6.92 Å². The second-order valence-corrected chi connectivity index (χ2v) is 2.67. The predicted octanol–water partition coefficient (Wildman–Crippen LogP) is 1.22. The van der Waals surface area contributed by atoms with Gasteiger partial charge in [-0.05, 0) is 29.5 Å². The van der Waals surface area contributed by atoms with E-state index in [0.717, 1.165) is 3.70 Å². The lowest BCUT2D eigenvalue weighted by molar-refractivity contribution is 0.101. The summed E-state index contributed by atoms with van der Waals surface area (Å²) < 4.78 is 0.736. The van der Waals surface area contributed by atoms with Crippen molar-refractivity contribution >= 4 is 28.4 Å². The smallest absolute Gasteiger partial charge is 0.164 e. The van der Waals surface area contributed by atoms with Crippen molar-refractivity contribution in [3.63, 3.8) is 0 Å². The van der Waals surface area contributed by atoms with Gasteiger partial charge >= 0.3 is 0 Å². The van der Waals surface area contributed by atoms with Crippen molar-refractivity contribution in [2.24, 2.45) is 0 Å². The highest BCUT2D eigenvalue weighted by atomic mass is 127. The molecule has 0 saturated carbocycles. The van der Waals surface area contributed by atoms with Gasteiger partial charge in [0.25, 0.3) is 0 Å². The second-order valence-electron chi connectivity index (χ2n) is 1.65. The number of hydrogen-bond acceptors (Lipinski definition) is 2. The van der Waals surface area contributed by atoms with E-state index >= 15 is 0 Å². The lowest BCUT2D eigenvalue weighted by Gasteiger charge is -1.83. The first-order chi connectivity index (χ1) is 4.22. The van der Waals surface area contributed by atoms with Crippen LogP contribution < -0.4 is 0 Å². The Kier molecular flexibility index (Phi) is 1.84. The number of aromatic amines is 1. The summed E-state index contributed by atoms with van der Waals surface area (Å²) in [7, 11) is 0. The van der Waals surface area contributed by atoms with E-state index in [4.69, 9.17) is 0 Å². The molecule has 0 atom stereocenters. The third kappa shape index (κ3) is 1.29. The summed E-state index contributed by atoms with van der Waals surface area (Å²) in [5.74, 6) is 0.0492. The molecular formula is C5H5IN2O. The Balaban J connectivity index is 3.08. The summed E-state index contributed by atoms with van der Waals surface area (Å²) in [4.78, 5) is 10.7. The summed E-state index contributed by atoms with van der Waals surface area (Å²) in [5.41, 5.74) is 0.663.